The number of carboxylic acids is 1. The molecule has 3 aromatic carbocycles. The maximum atomic E-state index is 14.4. The van der Waals surface area contributed by atoms with E-state index in [1.165, 1.54) is 12.1 Å². The second kappa shape index (κ2) is 8.95. The van der Waals surface area contributed by atoms with Gasteiger partial charge in [-0.1, -0.05) is 23.4 Å². The van der Waals surface area contributed by atoms with Crippen LogP contribution in [0.1, 0.15) is 41.0 Å². The highest BCUT2D eigenvalue weighted by Gasteiger charge is 2.30. The Morgan fingerprint density at radius 2 is 2.05 bits per heavy atom. The molecule has 0 spiro atoms. The molecule has 2 aliphatic rings. The van der Waals surface area contributed by atoms with Crippen LogP contribution < -0.4 is 10.1 Å². The summed E-state index contributed by atoms with van der Waals surface area (Å²) >= 11 is 0. The predicted molar refractivity (Wildman–Crippen MR) is 139 cm³/mol. The molecule has 0 aliphatic carbocycles. The molecule has 196 valence electrons. The number of imidazole rings is 1. The number of ether oxygens (including phenoxy) is 2. The van der Waals surface area contributed by atoms with E-state index in [0.717, 1.165) is 28.1 Å². The van der Waals surface area contributed by atoms with Crippen molar-refractivity contribution in [1.82, 2.24) is 14.7 Å². The Hall–Kier alpha value is -4.70. The van der Waals surface area contributed by atoms with Crippen LogP contribution in [-0.2, 0) is 16.1 Å². The van der Waals surface area contributed by atoms with Crippen LogP contribution >= 0.6 is 0 Å². The zero-order chi connectivity index (χ0) is 26.7. The standard InChI is InChI=1S/C29H23FN4O5/c1-15-9-22(33-39-15)29-32-21-8-5-17(30)11-25(21)34(29)24-4-2-3-20-23(14-38-28(20)24)31-18-6-7-19-16(10-18)13-37-26(19)12-27(35)36/h2-11,23,26,31H,12-14H2,1H3,(H,35,36)/t23-,26+/m1/s1. The lowest BCUT2D eigenvalue weighted by molar-refractivity contribution is -0.140. The van der Waals surface area contributed by atoms with Gasteiger partial charge in [0, 0.05) is 23.4 Å². The number of fused-ring (bicyclic) bond motifs is 3. The molecule has 0 bridgehead atoms. The van der Waals surface area contributed by atoms with Crippen molar-refractivity contribution in [3.8, 4) is 23.0 Å². The minimum absolute atomic E-state index is 0.0604. The first-order valence-electron chi connectivity index (χ1n) is 12.5. The van der Waals surface area contributed by atoms with Gasteiger partial charge in [-0.3, -0.25) is 9.36 Å². The number of nitrogens with zero attached hydrogens (tertiary/aromatic N) is 3. The molecule has 2 aliphatic heterocycles. The smallest absolute Gasteiger partial charge is 0.306 e. The summed E-state index contributed by atoms with van der Waals surface area (Å²) in [5.41, 5.74) is 6.19. The van der Waals surface area contributed by atoms with Gasteiger partial charge in [-0.2, -0.15) is 0 Å². The summed E-state index contributed by atoms with van der Waals surface area (Å²) in [6.45, 7) is 2.57. The van der Waals surface area contributed by atoms with Crippen LogP contribution in [-0.4, -0.2) is 32.4 Å². The lowest BCUT2D eigenvalue weighted by Crippen LogP contribution is -2.12. The minimum atomic E-state index is -0.888. The van der Waals surface area contributed by atoms with Crippen LogP contribution in [0.3, 0.4) is 0 Å². The molecular formula is C29H23FN4O5. The molecule has 0 saturated carbocycles. The lowest BCUT2D eigenvalue weighted by atomic mass is 10.0. The van der Waals surface area contributed by atoms with E-state index in [0.29, 0.717) is 47.3 Å². The zero-order valence-electron chi connectivity index (χ0n) is 20.8. The fraction of sp³-hybridized carbons (Fsp3) is 0.207. The summed E-state index contributed by atoms with van der Waals surface area (Å²) in [5.74, 6) is 0.579. The Labute approximate surface area is 221 Å². The zero-order valence-corrected chi connectivity index (χ0v) is 20.8. The number of benzene rings is 3. The number of rotatable bonds is 6. The molecule has 2 N–H and O–H groups in total. The fourth-order valence-electron chi connectivity index (χ4n) is 5.41. The Morgan fingerprint density at radius 3 is 2.87 bits per heavy atom. The van der Waals surface area contributed by atoms with Crippen LogP contribution in [0.2, 0.25) is 0 Å². The van der Waals surface area contributed by atoms with E-state index in [2.05, 4.69) is 10.5 Å². The van der Waals surface area contributed by atoms with Gasteiger partial charge in [-0.05, 0) is 48.4 Å². The van der Waals surface area contributed by atoms with Crippen molar-refractivity contribution < 1.29 is 28.3 Å². The quantitative estimate of drug-likeness (QED) is 0.289. The third-order valence-corrected chi connectivity index (χ3v) is 7.14. The topological polar surface area (TPSA) is 112 Å². The molecule has 0 radical (unpaired) electrons. The van der Waals surface area contributed by atoms with Gasteiger partial charge in [0.05, 0.1) is 41.9 Å². The van der Waals surface area contributed by atoms with Gasteiger partial charge in [-0.25, -0.2) is 9.37 Å². The molecule has 2 aromatic heterocycles. The number of nitrogens with one attached hydrogen (secondary N) is 1. The van der Waals surface area contributed by atoms with Crippen molar-refractivity contribution >= 4 is 22.7 Å². The summed E-state index contributed by atoms with van der Waals surface area (Å²) in [6.07, 6.45) is -0.489. The third kappa shape index (κ3) is 4.00. The maximum absolute atomic E-state index is 14.4. The van der Waals surface area contributed by atoms with E-state index >= 15 is 0 Å². The van der Waals surface area contributed by atoms with Crippen LogP contribution in [0.15, 0.2) is 65.2 Å². The largest absolute Gasteiger partial charge is 0.489 e. The Balaban J connectivity index is 1.26. The molecule has 5 aromatic rings. The molecule has 4 heterocycles. The molecule has 2 atom stereocenters. The summed E-state index contributed by atoms with van der Waals surface area (Å²) in [6, 6.07) is 17.8. The number of aliphatic carboxylic acids is 1. The molecule has 0 unspecified atom stereocenters. The van der Waals surface area contributed by atoms with E-state index in [4.69, 9.17) is 24.1 Å². The SMILES string of the molecule is Cc1cc(-c2nc3ccc(F)cc3n2-c2cccc3c2OC[C@H]3Nc2ccc3c(c2)CO[C@H]3CC(=O)O)no1. The molecule has 39 heavy (non-hydrogen) atoms. The highest BCUT2D eigenvalue weighted by molar-refractivity contribution is 5.84. The van der Waals surface area contributed by atoms with Gasteiger partial charge in [0.2, 0.25) is 0 Å². The number of aryl methyl sites for hydroxylation is 1. The van der Waals surface area contributed by atoms with E-state index in [9.17, 15) is 9.18 Å². The number of halogens is 1. The van der Waals surface area contributed by atoms with Crippen molar-refractivity contribution in [1.29, 1.82) is 0 Å². The van der Waals surface area contributed by atoms with Crippen LogP contribution in [0, 0.1) is 12.7 Å². The number of hydrogen-bond donors (Lipinski definition) is 2. The minimum Gasteiger partial charge on any atom is -0.489 e. The van der Waals surface area contributed by atoms with E-state index in [-0.39, 0.29) is 18.3 Å². The summed E-state index contributed by atoms with van der Waals surface area (Å²) in [7, 11) is 0. The van der Waals surface area contributed by atoms with Crippen molar-refractivity contribution in [2.24, 2.45) is 0 Å². The highest BCUT2D eigenvalue weighted by atomic mass is 19.1. The van der Waals surface area contributed by atoms with Gasteiger partial charge >= 0.3 is 5.97 Å². The van der Waals surface area contributed by atoms with Crippen molar-refractivity contribution in [2.45, 2.75) is 32.1 Å². The molecule has 7 rings (SSSR count). The average Bonchev–Trinajstić information content (AvgIpc) is 3.69. The Morgan fingerprint density at radius 1 is 1.15 bits per heavy atom. The van der Waals surface area contributed by atoms with Gasteiger partial charge in [0.25, 0.3) is 0 Å². The number of carbonyl (C=O) groups is 1. The van der Waals surface area contributed by atoms with Gasteiger partial charge in [0.15, 0.2) is 5.82 Å². The summed E-state index contributed by atoms with van der Waals surface area (Å²) in [5, 5.41) is 16.8. The number of carboxylic acid groups (broad SMARTS) is 1. The molecule has 0 saturated heterocycles. The number of aromatic nitrogens is 3. The summed E-state index contributed by atoms with van der Waals surface area (Å²) < 4.78 is 33.4. The van der Waals surface area contributed by atoms with E-state index < -0.39 is 12.1 Å². The molecule has 10 heteroatoms. The Kier molecular flexibility index (Phi) is 5.38. The third-order valence-electron chi connectivity index (χ3n) is 7.14. The normalized spacial score (nSPS) is 17.7. The van der Waals surface area contributed by atoms with Crippen LogP contribution in [0.25, 0.3) is 28.2 Å². The van der Waals surface area contributed by atoms with Gasteiger partial charge < -0.3 is 24.4 Å². The number of anilines is 1. The second-order valence-corrected chi connectivity index (χ2v) is 9.74. The van der Waals surface area contributed by atoms with Crippen molar-refractivity contribution in [2.75, 3.05) is 11.9 Å². The van der Waals surface area contributed by atoms with E-state index in [1.54, 1.807) is 19.1 Å². The monoisotopic (exact) mass is 526 g/mol. The van der Waals surface area contributed by atoms with Crippen LogP contribution in [0.4, 0.5) is 10.1 Å². The predicted octanol–water partition coefficient (Wildman–Crippen LogP) is 5.72. The Bertz CT molecular complexity index is 1760. The van der Waals surface area contributed by atoms with Crippen molar-refractivity contribution in [3.05, 3.63) is 88.9 Å². The first kappa shape index (κ1) is 23.4. The lowest BCUT2D eigenvalue weighted by Gasteiger charge is -2.15. The van der Waals surface area contributed by atoms with Gasteiger partial charge in [-0.15, -0.1) is 0 Å². The fourth-order valence-corrected chi connectivity index (χ4v) is 5.41. The average molecular weight is 527 g/mol. The molecular weight excluding hydrogens is 503 g/mol. The molecule has 0 fully saturated rings. The van der Waals surface area contributed by atoms with E-state index in [1.807, 2.05) is 41.0 Å². The molecule has 0 amide bonds. The maximum Gasteiger partial charge on any atom is 0.306 e. The second-order valence-electron chi connectivity index (χ2n) is 9.74. The number of para-hydroxylation sites is 1. The summed E-state index contributed by atoms with van der Waals surface area (Å²) in [4.78, 5) is 15.9. The van der Waals surface area contributed by atoms with Gasteiger partial charge in [0.1, 0.15) is 29.6 Å². The molecule has 9 nitrogen and oxygen atoms in total. The highest BCUT2D eigenvalue weighted by Crippen LogP contribution is 2.42. The van der Waals surface area contributed by atoms with Crippen LogP contribution in [0.5, 0.6) is 5.75 Å². The number of hydrogen-bond acceptors (Lipinski definition) is 7. The first-order chi connectivity index (χ1) is 18.9. The first-order valence-corrected chi connectivity index (χ1v) is 12.5. The van der Waals surface area contributed by atoms with Crippen molar-refractivity contribution in [3.63, 3.8) is 0 Å².